The summed E-state index contributed by atoms with van der Waals surface area (Å²) in [4.78, 5) is 10.5. The summed E-state index contributed by atoms with van der Waals surface area (Å²) >= 11 is 0. The van der Waals surface area contributed by atoms with Gasteiger partial charge in [0.15, 0.2) is 0 Å². The van der Waals surface area contributed by atoms with Gasteiger partial charge in [-0.05, 0) is 37.5 Å². The molecule has 4 heteroatoms. The number of carbonyl (C=O) groups is 1. The van der Waals surface area contributed by atoms with Crippen molar-refractivity contribution in [3.8, 4) is 0 Å². The Bertz CT molecular complexity index is 330. The topological polar surface area (TPSA) is 37.3 Å². The van der Waals surface area contributed by atoms with E-state index in [1.807, 2.05) is 6.92 Å². The number of hydrogen-bond acceptors (Lipinski definition) is 1. The van der Waals surface area contributed by atoms with Crippen LogP contribution in [-0.2, 0) is 4.79 Å². The van der Waals surface area contributed by atoms with Crippen LogP contribution in [0.1, 0.15) is 92.4 Å². The molecule has 0 fully saturated rings. The van der Waals surface area contributed by atoms with Gasteiger partial charge >= 0.3 is 32.2 Å². The first-order chi connectivity index (χ1) is 10.3. The predicted molar refractivity (Wildman–Crippen MR) is 106 cm³/mol. The molecule has 0 bridgehead atoms. The van der Waals surface area contributed by atoms with Crippen molar-refractivity contribution in [2.24, 2.45) is 17.8 Å². The standard InChI is InChI=1S/C20H38O2.Bi.La.3H/c1-16(2)9-6-10-17(3)11-7-12-18(4)13-8-14-19(5)15-20(21)22;;;;;/h15-18H,6-14H2,1-5H3,(H,21,22);;;;;/b19-15+;;;;;/t17-,18-;;;;;/m1...../s1. The number of aliphatic carboxylic acids is 1. The van der Waals surface area contributed by atoms with Crippen molar-refractivity contribution in [3.05, 3.63) is 11.6 Å². The molecule has 24 heavy (non-hydrogen) atoms. The largest absolute Gasteiger partial charge is 0 e. The molecule has 0 unspecified atom stereocenters. The Balaban J connectivity index is -0.00000220. The second-order valence-electron chi connectivity index (χ2n) is 7.69. The number of carboxylic acid groups (broad SMARTS) is 1. The maximum absolute atomic E-state index is 10.5. The van der Waals surface area contributed by atoms with Crippen LogP contribution in [0.4, 0.5) is 0 Å². The van der Waals surface area contributed by atoms with Crippen LogP contribution in [0.2, 0.25) is 0 Å². The summed E-state index contributed by atoms with van der Waals surface area (Å²) in [7, 11) is 0. The Morgan fingerprint density at radius 3 is 1.71 bits per heavy atom. The average molecular weight is 661 g/mol. The summed E-state index contributed by atoms with van der Waals surface area (Å²) in [5.74, 6) is 1.65. The first kappa shape index (κ1) is 30.0. The summed E-state index contributed by atoms with van der Waals surface area (Å²) in [6.07, 6.45) is 12.7. The van der Waals surface area contributed by atoms with Crippen molar-refractivity contribution >= 4 is 32.2 Å². The van der Waals surface area contributed by atoms with E-state index >= 15 is 0 Å². The van der Waals surface area contributed by atoms with Gasteiger partial charge in [0.2, 0.25) is 0 Å². The van der Waals surface area contributed by atoms with Crippen molar-refractivity contribution < 1.29 is 45.5 Å². The molecular formula is C20H41BiLaO2. The van der Waals surface area contributed by atoms with Crippen LogP contribution in [0.3, 0.4) is 0 Å². The quantitative estimate of drug-likeness (QED) is 0.216. The Morgan fingerprint density at radius 2 is 1.29 bits per heavy atom. The van der Waals surface area contributed by atoms with Crippen molar-refractivity contribution in [3.63, 3.8) is 0 Å². The zero-order valence-electron chi connectivity index (χ0n) is 16.8. The third kappa shape index (κ3) is 21.3. The molecule has 2 atom stereocenters. The van der Waals surface area contributed by atoms with Crippen molar-refractivity contribution in [1.29, 1.82) is 0 Å². The molecule has 0 aliphatic heterocycles. The van der Waals surface area contributed by atoms with Crippen LogP contribution in [-0.4, -0.2) is 37.3 Å². The molecule has 0 saturated carbocycles. The monoisotopic (exact) mass is 661 g/mol. The van der Waals surface area contributed by atoms with E-state index in [2.05, 4.69) is 27.7 Å². The van der Waals surface area contributed by atoms with E-state index in [0.717, 1.165) is 36.2 Å². The SMILES string of the molecule is C/C(=C\C(=O)O)CCC[C@H](C)CCC[C@H](C)CCCC(C)C.[BiH3].[La]. The van der Waals surface area contributed by atoms with E-state index in [1.165, 1.54) is 51.0 Å². The van der Waals surface area contributed by atoms with Crippen LogP contribution in [0.15, 0.2) is 11.6 Å². The molecule has 1 radical (unpaired) electrons. The van der Waals surface area contributed by atoms with Crippen molar-refractivity contribution in [2.45, 2.75) is 92.4 Å². The van der Waals surface area contributed by atoms with Crippen molar-refractivity contribution in [1.82, 2.24) is 0 Å². The van der Waals surface area contributed by atoms with E-state index in [1.54, 1.807) is 0 Å². The summed E-state index contributed by atoms with van der Waals surface area (Å²) in [6, 6.07) is 0. The fourth-order valence-corrected chi connectivity index (χ4v) is 2.99. The third-order valence-electron chi connectivity index (χ3n) is 4.51. The second-order valence-corrected chi connectivity index (χ2v) is 7.69. The van der Waals surface area contributed by atoms with Crippen molar-refractivity contribution in [2.75, 3.05) is 0 Å². The average Bonchev–Trinajstić information content (AvgIpc) is 2.37. The van der Waals surface area contributed by atoms with Gasteiger partial charge in [-0.15, -0.1) is 0 Å². The number of hydrogen-bond donors (Lipinski definition) is 1. The molecule has 0 heterocycles. The van der Waals surface area contributed by atoms with Gasteiger partial charge in [0.05, 0.1) is 0 Å². The van der Waals surface area contributed by atoms with E-state index in [0.29, 0.717) is 0 Å². The Kier molecular flexibility index (Phi) is 23.8. The summed E-state index contributed by atoms with van der Waals surface area (Å²) < 4.78 is 0. The molecule has 0 aliphatic rings. The maximum Gasteiger partial charge on any atom is 0 e. The van der Waals surface area contributed by atoms with Crippen LogP contribution in [0.25, 0.3) is 0 Å². The van der Waals surface area contributed by atoms with E-state index < -0.39 is 5.97 Å². The van der Waals surface area contributed by atoms with E-state index in [4.69, 9.17) is 5.11 Å². The molecule has 0 saturated heterocycles. The first-order valence-electron chi connectivity index (χ1n) is 9.21. The normalized spacial score (nSPS) is 13.8. The summed E-state index contributed by atoms with van der Waals surface area (Å²) in [6.45, 7) is 11.3. The predicted octanol–water partition coefficient (Wildman–Crippen LogP) is 5.27. The zero-order chi connectivity index (χ0) is 17.0. The van der Waals surface area contributed by atoms with Crippen LogP contribution >= 0.6 is 0 Å². The van der Waals surface area contributed by atoms with Gasteiger partial charge in [0.1, 0.15) is 0 Å². The molecule has 0 aliphatic carbocycles. The molecule has 0 aromatic rings. The molecule has 0 aromatic carbocycles. The third-order valence-corrected chi connectivity index (χ3v) is 4.51. The smallest absolute Gasteiger partial charge is 0 e. The molecule has 1 N–H and O–H groups in total. The Morgan fingerprint density at radius 1 is 0.875 bits per heavy atom. The van der Waals surface area contributed by atoms with E-state index in [9.17, 15) is 4.79 Å². The van der Waals surface area contributed by atoms with Gasteiger partial charge < -0.3 is 5.11 Å². The zero-order valence-corrected chi connectivity index (χ0v) is 25.9. The molecule has 0 amide bonds. The summed E-state index contributed by atoms with van der Waals surface area (Å²) in [5.41, 5.74) is 0.985. The summed E-state index contributed by atoms with van der Waals surface area (Å²) in [5, 5.41) is 8.68. The van der Waals surface area contributed by atoms with Gasteiger partial charge in [-0.3, -0.25) is 0 Å². The molecular weight excluding hydrogens is 620 g/mol. The molecule has 0 aromatic heterocycles. The Hall–Kier alpha value is 1.29. The first-order valence-corrected chi connectivity index (χ1v) is 9.21. The van der Waals surface area contributed by atoms with Gasteiger partial charge in [-0.2, -0.15) is 0 Å². The van der Waals surface area contributed by atoms with Gasteiger partial charge in [-0.1, -0.05) is 78.2 Å². The fraction of sp³-hybridized carbons (Fsp3) is 0.850. The number of allylic oxidation sites excluding steroid dienone is 1. The Labute approximate surface area is 197 Å². The minimum atomic E-state index is -0.822. The number of carboxylic acids is 1. The minimum Gasteiger partial charge on any atom is 0 e. The van der Waals surface area contributed by atoms with E-state index in [-0.39, 0.29) is 61.8 Å². The fourth-order valence-electron chi connectivity index (χ4n) is 2.99. The second kappa shape index (κ2) is 19.1. The molecule has 141 valence electrons. The van der Waals surface area contributed by atoms with Crippen LogP contribution in [0.5, 0.6) is 0 Å². The number of rotatable bonds is 13. The van der Waals surface area contributed by atoms with Gasteiger partial charge in [0, 0.05) is 41.7 Å². The molecule has 0 spiro atoms. The maximum atomic E-state index is 10.5. The molecule has 2 nitrogen and oxygen atoms in total. The van der Waals surface area contributed by atoms with Gasteiger partial charge in [-0.25, -0.2) is 4.79 Å². The van der Waals surface area contributed by atoms with Crippen LogP contribution in [0, 0.1) is 53.4 Å². The van der Waals surface area contributed by atoms with Gasteiger partial charge in [0.25, 0.3) is 0 Å². The minimum absolute atomic E-state index is 0. The molecule has 0 rings (SSSR count). The van der Waals surface area contributed by atoms with Crippen LogP contribution < -0.4 is 0 Å².